The maximum atomic E-state index is 14.5. The summed E-state index contributed by atoms with van der Waals surface area (Å²) in [6, 6.07) is 6.95. The zero-order chi connectivity index (χ0) is 50.8. The van der Waals surface area contributed by atoms with E-state index in [0.717, 1.165) is 16.7 Å². The highest BCUT2D eigenvalue weighted by molar-refractivity contribution is 6.08. The van der Waals surface area contributed by atoms with E-state index < -0.39 is 102 Å². The van der Waals surface area contributed by atoms with Crippen LogP contribution in [0.3, 0.4) is 0 Å². The Morgan fingerprint density at radius 2 is 1.40 bits per heavy atom. The molecule has 5 amide bonds. The minimum atomic E-state index is -1.54. The molecular weight excluding hydrogens is 913 g/mol. The number of nitrogens with one attached hydrogen (secondary N) is 3. The molecule has 4 heterocycles. The minimum absolute atomic E-state index is 0.148. The van der Waals surface area contributed by atoms with Gasteiger partial charge in [0, 0.05) is 65.7 Å². The molecule has 22 heteroatoms. The number of anilines is 1. The van der Waals surface area contributed by atoms with Gasteiger partial charge in [-0.25, -0.2) is 0 Å². The number of para-hydroxylation sites is 1. The molecule has 0 bridgehead atoms. The first-order valence-electron chi connectivity index (χ1n) is 23.7. The number of carboxylic acid groups (broad SMARTS) is 3. The Morgan fingerprint density at radius 3 is 1.97 bits per heavy atom. The largest absolute Gasteiger partial charge is 0.481 e. The molecule has 4 aliphatic rings. The van der Waals surface area contributed by atoms with Crippen molar-refractivity contribution in [3.8, 4) is 0 Å². The van der Waals surface area contributed by atoms with Gasteiger partial charge in [-0.05, 0) is 47.4 Å². The monoisotopic (exact) mass is 976 g/mol. The SMILES string of the molecule is CC[C@H](C)C(C(=O)N[C@H]1CCc2cccc3c2N(C1=O)[C@H](C(=O)NC1CC(=O)OC1O)C3)N(C)C(=O)[C@H](CCC(=O)O)NC(=O)Cc1ccc(CN2CCN(CC(=O)O)CCN(CC(=O)O)CC2)cc1. The first-order chi connectivity index (χ1) is 33.3. The second-order valence-electron chi connectivity index (χ2n) is 18.6. The number of benzene rings is 2. The molecule has 0 saturated carbocycles. The molecule has 22 nitrogen and oxygen atoms in total. The van der Waals surface area contributed by atoms with Crippen LogP contribution in [0.4, 0.5) is 5.69 Å². The number of hydrogen-bond acceptors (Lipinski definition) is 14. The average Bonchev–Trinajstić information content (AvgIpc) is 3.84. The fraction of sp³-hybridized carbons (Fsp3) is 0.562. The fourth-order valence-electron chi connectivity index (χ4n) is 9.62. The molecule has 70 heavy (non-hydrogen) atoms. The third-order valence-electron chi connectivity index (χ3n) is 13.5. The van der Waals surface area contributed by atoms with Crippen LogP contribution in [0.15, 0.2) is 42.5 Å². The number of aryl methyl sites for hydroxylation is 1. The zero-order valence-electron chi connectivity index (χ0n) is 39.7. The smallest absolute Gasteiger partial charge is 0.317 e. The van der Waals surface area contributed by atoms with E-state index in [9.17, 15) is 63.6 Å². The summed E-state index contributed by atoms with van der Waals surface area (Å²) in [4.78, 5) is 125. The number of aliphatic hydroxyl groups excluding tert-OH is 1. The molecule has 0 radical (unpaired) electrons. The van der Waals surface area contributed by atoms with Gasteiger partial charge in [-0.3, -0.25) is 62.8 Å². The molecule has 2 aromatic rings. The van der Waals surface area contributed by atoms with E-state index in [1.54, 1.807) is 34.9 Å². The maximum absolute atomic E-state index is 14.5. The summed E-state index contributed by atoms with van der Waals surface area (Å²) in [6.45, 7) is 6.57. The number of aliphatic carboxylic acids is 3. The lowest BCUT2D eigenvalue weighted by atomic mass is 9.95. The highest BCUT2D eigenvalue weighted by Gasteiger charge is 2.46. The van der Waals surface area contributed by atoms with E-state index in [-0.39, 0.29) is 45.2 Å². The first-order valence-corrected chi connectivity index (χ1v) is 23.7. The second kappa shape index (κ2) is 23.9. The number of carbonyl (C=O) groups is 9. The van der Waals surface area contributed by atoms with Crippen LogP contribution in [-0.4, -0.2) is 189 Å². The van der Waals surface area contributed by atoms with E-state index >= 15 is 0 Å². The molecule has 0 aliphatic carbocycles. The Morgan fingerprint density at radius 1 is 0.800 bits per heavy atom. The Kier molecular flexibility index (Phi) is 18.0. The minimum Gasteiger partial charge on any atom is -0.481 e. The highest BCUT2D eigenvalue weighted by Crippen LogP contribution is 2.39. The normalized spacial score (nSPS) is 22.2. The summed E-state index contributed by atoms with van der Waals surface area (Å²) in [5, 5.41) is 46.7. The molecule has 0 aromatic heterocycles. The van der Waals surface area contributed by atoms with Crippen molar-refractivity contribution in [3.05, 3.63) is 64.7 Å². The molecule has 0 spiro atoms. The summed E-state index contributed by atoms with van der Waals surface area (Å²) in [6.07, 6.45) is -1.60. The predicted octanol–water partition coefficient (Wildman–Crippen LogP) is -0.820. The fourth-order valence-corrected chi connectivity index (χ4v) is 9.62. The van der Waals surface area contributed by atoms with E-state index in [1.165, 1.54) is 16.8 Å². The number of amides is 5. The number of likely N-dealkylation sites (N-methyl/N-ethyl adjacent to an activating group) is 1. The molecule has 2 aromatic carbocycles. The van der Waals surface area contributed by atoms with Crippen LogP contribution in [0.2, 0.25) is 0 Å². The van der Waals surface area contributed by atoms with Crippen molar-refractivity contribution in [1.29, 1.82) is 0 Å². The highest BCUT2D eigenvalue weighted by atomic mass is 16.6. The topological polar surface area (TPSA) is 296 Å². The molecule has 7 N–H and O–H groups in total. The van der Waals surface area contributed by atoms with Crippen molar-refractivity contribution >= 4 is 59.1 Å². The van der Waals surface area contributed by atoms with Crippen LogP contribution in [-0.2, 0) is 73.7 Å². The molecule has 3 unspecified atom stereocenters. The standard InChI is InChI=1S/C48H64N8O14/c1-4-28(2)42(45(66)50-34-13-12-31-6-5-7-32-23-36(56(43(31)32)47(34)68)44(65)51-35-24-41(64)70-48(35)69)52(3)46(67)33(14-15-38(58)59)49-37(57)22-29-8-10-30(11-9-29)25-53-16-18-54(26-39(60)61)20-21-55(19-17-53)27-40(62)63/h5-11,28,33-36,42,48,69H,4,12-27H2,1-3H3,(H,49,57)(H,50,66)(H,51,65)(H,58,59)(H,60,61)(H,62,63)/t28-,33-,34-,35?,36-,42?,48?/m0/s1. The summed E-state index contributed by atoms with van der Waals surface area (Å²) in [7, 11) is 1.39. The number of esters is 1. The Labute approximate surface area is 405 Å². The molecule has 6 rings (SSSR count). The van der Waals surface area contributed by atoms with Gasteiger partial charge < -0.3 is 46.0 Å². The van der Waals surface area contributed by atoms with E-state index in [1.807, 2.05) is 31.2 Å². The van der Waals surface area contributed by atoms with Gasteiger partial charge in [-0.15, -0.1) is 0 Å². The molecule has 7 atom stereocenters. The average molecular weight is 977 g/mol. The van der Waals surface area contributed by atoms with Crippen LogP contribution in [0.25, 0.3) is 0 Å². The van der Waals surface area contributed by atoms with Crippen LogP contribution in [0, 0.1) is 5.92 Å². The van der Waals surface area contributed by atoms with Crippen LogP contribution in [0.5, 0.6) is 0 Å². The van der Waals surface area contributed by atoms with Gasteiger partial charge in [-0.2, -0.15) is 0 Å². The van der Waals surface area contributed by atoms with Crippen molar-refractivity contribution in [2.75, 3.05) is 64.3 Å². The van der Waals surface area contributed by atoms with E-state index in [2.05, 4.69) is 20.9 Å². The number of aliphatic hydroxyl groups is 1. The number of carboxylic acids is 3. The summed E-state index contributed by atoms with van der Waals surface area (Å²) < 4.78 is 4.78. The van der Waals surface area contributed by atoms with E-state index in [0.29, 0.717) is 69.9 Å². The number of hydrogen-bond donors (Lipinski definition) is 7. The van der Waals surface area contributed by atoms with Crippen LogP contribution in [0.1, 0.15) is 68.2 Å². The second-order valence-corrected chi connectivity index (χ2v) is 18.6. The number of cyclic esters (lactones) is 1. The molecule has 380 valence electrons. The van der Waals surface area contributed by atoms with Crippen molar-refractivity contribution in [3.63, 3.8) is 0 Å². The van der Waals surface area contributed by atoms with Gasteiger partial charge in [0.15, 0.2) is 0 Å². The van der Waals surface area contributed by atoms with Crippen LogP contribution < -0.4 is 20.9 Å². The first kappa shape index (κ1) is 52.9. The third kappa shape index (κ3) is 13.6. The summed E-state index contributed by atoms with van der Waals surface area (Å²) in [5.74, 6) is -7.42. The summed E-state index contributed by atoms with van der Waals surface area (Å²) >= 11 is 0. The molecular formula is C48H64N8O14. The lowest BCUT2D eigenvalue weighted by Gasteiger charge is -2.35. The van der Waals surface area contributed by atoms with Crippen molar-refractivity contribution in [2.45, 2.75) is 108 Å². The van der Waals surface area contributed by atoms with Gasteiger partial charge in [0.25, 0.3) is 0 Å². The Hall–Kier alpha value is -6.49. The lowest BCUT2D eigenvalue weighted by Crippen LogP contribution is -2.60. The Bertz CT molecular complexity index is 2270. The van der Waals surface area contributed by atoms with Gasteiger partial charge >= 0.3 is 23.9 Å². The predicted molar refractivity (Wildman–Crippen MR) is 249 cm³/mol. The third-order valence-corrected chi connectivity index (χ3v) is 13.5. The molecule has 4 aliphatic heterocycles. The van der Waals surface area contributed by atoms with Crippen molar-refractivity contribution < 1.29 is 68.3 Å². The van der Waals surface area contributed by atoms with Gasteiger partial charge in [0.05, 0.1) is 31.6 Å². The van der Waals surface area contributed by atoms with E-state index in [4.69, 9.17) is 4.74 Å². The number of rotatable bonds is 20. The van der Waals surface area contributed by atoms with Gasteiger partial charge in [0.1, 0.15) is 30.2 Å². The van der Waals surface area contributed by atoms with Crippen LogP contribution >= 0.6 is 0 Å². The number of nitrogens with zero attached hydrogens (tertiary/aromatic N) is 5. The zero-order valence-corrected chi connectivity index (χ0v) is 39.7. The molecule has 2 fully saturated rings. The molecule has 2 saturated heterocycles. The maximum Gasteiger partial charge on any atom is 0.317 e. The lowest BCUT2D eigenvalue weighted by molar-refractivity contribution is -0.155. The Balaban J connectivity index is 1.11. The van der Waals surface area contributed by atoms with Crippen molar-refractivity contribution in [2.24, 2.45) is 5.92 Å². The van der Waals surface area contributed by atoms with Gasteiger partial charge in [-0.1, -0.05) is 62.7 Å². The van der Waals surface area contributed by atoms with Gasteiger partial charge in [0.2, 0.25) is 35.8 Å². The van der Waals surface area contributed by atoms with Crippen molar-refractivity contribution in [1.82, 2.24) is 35.6 Å². The number of carbonyl (C=O) groups excluding carboxylic acids is 6. The summed E-state index contributed by atoms with van der Waals surface area (Å²) in [5.41, 5.74) is 3.57. The quantitative estimate of drug-likeness (QED) is 0.0798. The number of ether oxygens (including phenoxy) is 1.